The Bertz CT molecular complexity index is 598. The predicted octanol–water partition coefficient (Wildman–Crippen LogP) is 5.33. The second kappa shape index (κ2) is 11.5. The molecule has 0 aliphatic carbocycles. The number of hydrogen-bond donors (Lipinski definition) is 1. The van der Waals surface area contributed by atoms with E-state index in [2.05, 4.69) is 71.7 Å². The van der Waals surface area contributed by atoms with Gasteiger partial charge in [-0.2, -0.15) is 0 Å². The van der Waals surface area contributed by atoms with Crippen molar-refractivity contribution in [2.75, 3.05) is 26.2 Å². The Morgan fingerprint density at radius 1 is 0.920 bits per heavy atom. The van der Waals surface area contributed by atoms with E-state index in [4.69, 9.17) is 0 Å². The van der Waals surface area contributed by atoms with Crippen molar-refractivity contribution in [1.82, 2.24) is 10.2 Å². The van der Waals surface area contributed by atoms with E-state index in [1.54, 1.807) is 0 Å². The zero-order valence-electron chi connectivity index (χ0n) is 15.0. The van der Waals surface area contributed by atoms with Gasteiger partial charge < -0.3 is 5.32 Å². The van der Waals surface area contributed by atoms with Gasteiger partial charge in [0.1, 0.15) is 0 Å². The molecule has 1 aliphatic rings. The van der Waals surface area contributed by atoms with E-state index in [1.165, 1.54) is 36.0 Å². The number of piperazine rings is 1. The molecular formula is C21H30Cl2N2. The first-order valence-corrected chi connectivity index (χ1v) is 8.98. The summed E-state index contributed by atoms with van der Waals surface area (Å²) in [5.74, 6) is 0. The molecular weight excluding hydrogens is 351 g/mol. The molecule has 25 heavy (non-hydrogen) atoms. The molecule has 1 N–H and O–H groups in total. The monoisotopic (exact) mass is 380 g/mol. The fourth-order valence-corrected chi connectivity index (χ4v) is 3.51. The van der Waals surface area contributed by atoms with Gasteiger partial charge in [0.05, 0.1) is 0 Å². The van der Waals surface area contributed by atoms with E-state index < -0.39 is 0 Å². The Balaban J connectivity index is 0.00000156. The Labute approximate surface area is 164 Å². The first-order valence-electron chi connectivity index (χ1n) is 8.98. The summed E-state index contributed by atoms with van der Waals surface area (Å²) >= 11 is 0. The van der Waals surface area contributed by atoms with Crippen molar-refractivity contribution in [1.29, 1.82) is 0 Å². The first kappa shape index (κ1) is 22.0. The van der Waals surface area contributed by atoms with Gasteiger partial charge in [0.15, 0.2) is 0 Å². The third-order valence-electron chi connectivity index (χ3n) is 4.80. The number of benzene rings is 2. The molecule has 0 radical (unpaired) electrons. The minimum absolute atomic E-state index is 0. The molecule has 0 spiro atoms. The number of rotatable bonds is 6. The topological polar surface area (TPSA) is 15.3 Å². The molecule has 1 fully saturated rings. The van der Waals surface area contributed by atoms with E-state index in [0.29, 0.717) is 6.04 Å². The molecule has 2 nitrogen and oxygen atoms in total. The van der Waals surface area contributed by atoms with Crippen LogP contribution in [0.2, 0.25) is 0 Å². The Morgan fingerprint density at radius 3 is 2.28 bits per heavy atom. The Hall–Kier alpha value is -1.06. The maximum absolute atomic E-state index is 3.47. The lowest BCUT2D eigenvalue weighted by Gasteiger charge is -2.35. The molecule has 0 unspecified atom stereocenters. The fourth-order valence-electron chi connectivity index (χ4n) is 3.51. The van der Waals surface area contributed by atoms with Crippen LogP contribution in [0.1, 0.15) is 37.8 Å². The third kappa shape index (κ3) is 6.00. The largest absolute Gasteiger partial charge is 0.314 e. The van der Waals surface area contributed by atoms with Crippen molar-refractivity contribution in [3.05, 3.63) is 60.2 Å². The molecule has 3 rings (SSSR count). The number of halogens is 2. The van der Waals surface area contributed by atoms with Crippen LogP contribution < -0.4 is 5.32 Å². The highest BCUT2D eigenvalue weighted by atomic mass is 35.5. The van der Waals surface area contributed by atoms with Crippen LogP contribution in [0.4, 0.5) is 0 Å². The van der Waals surface area contributed by atoms with Gasteiger partial charge in [0, 0.05) is 32.2 Å². The number of nitrogens with zero attached hydrogens (tertiary/aromatic N) is 1. The van der Waals surface area contributed by atoms with Crippen molar-refractivity contribution >= 4 is 24.8 Å². The summed E-state index contributed by atoms with van der Waals surface area (Å²) in [7, 11) is 0. The van der Waals surface area contributed by atoms with E-state index in [9.17, 15) is 0 Å². The summed E-state index contributed by atoms with van der Waals surface area (Å²) in [6, 6.07) is 20.4. The molecule has 1 aliphatic heterocycles. The summed E-state index contributed by atoms with van der Waals surface area (Å²) in [6.45, 7) is 6.82. The smallest absolute Gasteiger partial charge is 0.0349 e. The molecule has 2 aromatic rings. The number of unbranched alkanes of at least 4 members (excludes halogenated alkanes) is 1. The summed E-state index contributed by atoms with van der Waals surface area (Å²) in [6.07, 6.45) is 3.82. The summed E-state index contributed by atoms with van der Waals surface area (Å²) in [5, 5.41) is 3.47. The fraction of sp³-hybridized carbons (Fsp3) is 0.429. The van der Waals surface area contributed by atoms with Crippen molar-refractivity contribution in [3.63, 3.8) is 0 Å². The highest BCUT2D eigenvalue weighted by Crippen LogP contribution is 2.30. The maximum Gasteiger partial charge on any atom is 0.0349 e. The Morgan fingerprint density at radius 2 is 1.60 bits per heavy atom. The van der Waals surface area contributed by atoms with Gasteiger partial charge in [-0.05, 0) is 29.2 Å². The van der Waals surface area contributed by atoms with Crippen LogP contribution in [0.25, 0.3) is 11.1 Å². The average Bonchev–Trinajstić information content (AvgIpc) is 2.64. The lowest BCUT2D eigenvalue weighted by Crippen LogP contribution is -2.45. The van der Waals surface area contributed by atoms with Gasteiger partial charge in [-0.25, -0.2) is 0 Å². The van der Waals surface area contributed by atoms with E-state index in [0.717, 1.165) is 26.2 Å². The van der Waals surface area contributed by atoms with Gasteiger partial charge in [0.25, 0.3) is 0 Å². The maximum atomic E-state index is 3.47. The van der Waals surface area contributed by atoms with E-state index >= 15 is 0 Å². The van der Waals surface area contributed by atoms with Gasteiger partial charge in [-0.1, -0.05) is 68.3 Å². The minimum atomic E-state index is 0. The zero-order chi connectivity index (χ0) is 15.9. The van der Waals surface area contributed by atoms with Crippen molar-refractivity contribution in [2.24, 2.45) is 0 Å². The van der Waals surface area contributed by atoms with E-state index in [1.807, 2.05) is 0 Å². The van der Waals surface area contributed by atoms with Gasteiger partial charge in [0.2, 0.25) is 0 Å². The van der Waals surface area contributed by atoms with Gasteiger partial charge in [-0.3, -0.25) is 4.90 Å². The first-order chi connectivity index (χ1) is 11.4. The van der Waals surface area contributed by atoms with Crippen LogP contribution in [0.15, 0.2) is 54.6 Å². The molecule has 0 saturated carbocycles. The highest BCUT2D eigenvalue weighted by molar-refractivity contribution is 5.85. The molecule has 1 atom stereocenters. The lowest BCUT2D eigenvalue weighted by molar-refractivity contribution is 0.163. The number of nitrogens with one attached hydrogen (secondary N) is 1. The van der Waals surface area contributed by atoms with Crippen LogP contribution in [-0.4, -0.2) is 31.1 Å². The van der Waals surface area contributed by atoms with Crippen LogP contribution in [0.5, 0.6) is 0 Å². The summed E-state index contributed by atoms with van der Waals surface area (Å²) in [5.41, 5.74) is 4.12. The quantitative estimate of drug-likeness (QED) is 0.727. The molecule has 0 amide bonds. The molecule has 1 saturated heterocycles. The Kier molecular flexibility index (Phi) is 10.1. The minimum Gasteiger partial charge on any atom is -0.314 e. The summed E-state index contributed by atoms with van der Waals surface area (Å²) < 4.78 is 0. The predicted molar refractivity (Wildman–Crippen MR) is 113 cm³/mol. The van der Waals surface area contributed by atoms with Crippen LogP contribution >= 0.6 is 24.8 Å². The van der Waals surface area contributed by atoms with Crippen molar-refractivity contribution in [3.8, 4) is 11.1 Å². The van der Waals surface area contributed by atoms with E-state index in [-0.39, 0.29) is 24.8 Å². The second-order valence-corrected chi connectivity index (χ2v) is 6.44. The highest BCUT2D eigenvalue weighted by Gasteiger charge is 2.21. The normalized spacial score (nSPS) is 15.7. The van der Waals surface area contributed by atoms with Crippen molar-refractivity contribution < 1.29 is 0 Å². The molecule has 1 heterocycles. The average molecular weight is 381 g/mol. The van der Waals surface area contributed by atoms with Crippen LogP contribution in [0.3, 0.4) is 0 Å². The molecule has 138 valence electrons. The van der Waals surface area contributed by atoms with Gasteiger partial charge in [-0.15, -0.1) is 24.8 Å². The second-order valence-electron chi connectivity index (χ2n) is 6.44. The zero-order valence-corrected chi connectivity index (χ0v) is 16.6. The number of hydrogen-bond acceptors (Lipinski definition) is 2. The molecule has 4 heteroatoms. The van der Waals surface area contributed by atoms with Crippen LogP contribution in [-0.2, 0) is 0 Å². The third-order valence-corrected chi connectivity index (χ3v) is 4.80. The lowest BCUT2D eigenvalue weighted by atomic mass is 9.95. The molecule has 0 aromatic heterocycles. The summed E-state index contributed by atoms with van der Waals surface area (Å²) in [4.78, 5) is 2.66. The standard InChI is InChI=1S/C21H28N2.2ClH/c1-2-3-12-21(23-15-13-22-14-16-23)20-11-7-10-19(17-20)18-8-5-4-6-9-18;;/h4-11,17,21-22H,2-3,12-16H2,1H3;2*1H/t21-;;/m1../s1. The van der Waals surface area contributed by atoms with Crippen LogP contribution in [0, 0.1) is 0 Å². The van der Waals surface area contributed by atoms with Crippen molar-refractivity contribution in [2.45, 2.75) is 32.2 Å². The molecule has 0 bridgehead atoms. The SMILES string of the molecule is CCCC[C@H](c1cccc(-c2ccccc2)c1)N1CCNCC1.Cl.Cl. The van der Waals surface area contributed by atoms with Gasteiger partial charge >= 0.3 is 0 Å². The molecule has 2 aromatic carbocycles.